The first-order chi connectivity index (χ1) is 9.90. The first-order valence-electron chi connectivity index (χ1n) is 6.40. The second-order valence-corrected chi connectivity index (χ2v) is 4.90. The van der Waals surface area contributed by atoms with Crippen molar-refractivity contribution in [2.75, 3.05) is 7.05 Å². The number of non-ortho nitro benzene ring substituents is 1. The van der Waals surface area contributed by atoms with Crippen LogP contribution in [0, 0.1) is 24.0 Å². The van der Waals surface area contributed by atoms with Crippen LogP contribution < -0.4 is 0 Å². The Balaban J connectivity index is 2.18. The molecule has 0 atom stereocenters. The van der Waals surface area contributed by atoms with Crippen LogP contribution in [-0.4, -0.2) is 33.0 Å². The number of nitro benzene ring substituents is 1. The molecule has 1 amide bonds. The zero-order valence-electron chi connectivity index (χ0n) is 12.1. The van der Waals surface area contributed by atoms with E-state index in [1.54, 1.807) is 33.0 Å². The van der Waals surface area contributed by atoms with Gasteiger partial charge in [0.25, 0.3) is 11.6 Å². The van der Waals surface area contributed by atoms with Gasteiger partial charge in [0, 0.05) is 31.4 Å². The number of aryl methyl sites for hydroxylation is 2. The maximum atomic E-state index is 12.4. The molecule has 0 aliphatic carbocycles. The molecule has 0 fully saturated rings. The Kier molecular flexibility index (Phi) is 4.02. The third-order valence-electron chi connectivity index (χ3n) is 3.23. The second-order valence-electron chi connectivity index (χ2n) is 4.90. The molecule has 0 saturated carbocycles. The van der Waals surface area contributed by atoms with E-state index in [4.69, 9.17) is 0 Å². The summed E-state index contributed by atoms with van der Waals surface area (Å²) in [5.74, 6) is -0.162. The van der Waals surface area contributed by atoms with Crippen LogP contribution >= 0.6 is 0 Å². The lowest BCUT2D eigenvalue weighted by Crippen LogP contribution is -2.27. The number of hydrogen-bond donors (Lipinski definition) is 1. The maximum Gasteiger partial charge on any atom is 0.269 e. The van der Waals surface area contributed by atoms with Crippen molar-refractivity contribution in [3.63, 3.8) is 0 Å². The average Bonchev–Trinajstić information content (AvgIpc) is 2.77. The second kappa shape index (κ2) is 5.74. The lowest BCUT2D eigenvalue weighted by atomic mass is 10.1. The van der Waals surface area contributed by atoms with E-state index in [1.165, 1.54) is 17.0 Å². The number of carbonyl (C=O) groups excluding carboxylic acids is 1. The van der Waals surface area contributed by atoms with Crippen molar-refractivity contribution in [2.45, 2.75) is 20.4 Å². The lowest BCUT2D eigenvalue weighted by molar-refractivity contribution is -0.384. The molecular formula is C14H16N4O3. The molecule has 1 N–H and O–H groups in total. The molecule has 7 nitrogen and oxygen atoms in total. The zero-order chi connectivity index (χ0) is 15.6. The quantitative estimate of drug-likeness (QED) is 0.689. The van der Waals surface area contributed by atoms with Crippen molar-refractivity contribution < 1.29 is 9.72 Å². The number of aromatic amines is 1. The summed E-state index contributed by atoms with van der Waals surface area (Å²) in [5.41, 5.74) is 2.62. The molecule has 0 unspecified atom stereocenters. The zero-order valence-corrected chi connectivity index (χ0v) is 12.1. The number of H-pyrrole nitrogens is 1. The van der Waals surface area contributed by atoms with Gasteiger partial charge in [-0.2, -0.15) is 5.10 Å². The standard InChI is InChI=1S/C14H16N4O3/c1-9-13(10(2)16-15-9)14(19)17(3)8-11-5-4-6-12(7-11)18(20)21/h4-7H,8H2,1-3H3,(H,15,16). The highest BCUT2D eigenvalue weighted by Gasteiger charge is 2.19. The molecule has 2 rings (SSSR count). The van der Waals surface area contributed by atoms with Gasteiger partial charge in [-0.15, -0.1) is 0 Å². The third-order valence-corrected chi connectivity index (χ3v) is 3.23. The average molecular weight is 288 g/mol. The van der Waals surface area contributed by atoms with E-state index in [1.807, 2.05) is 0 Å². The molecule has 1 heterocycles. The van der Waals surface area contributed by atoms with Gasteiger partial charge in [-0.25, -0.2) is 0 Å². The predicted octanol–water partition coefficient (Wildman–Crippen LogP) is 2.21. The molecule has 0 saturated heterocycles. The van der Waals surface area contributed by atoms with Gasteiger partial charge in [0.1, 0.15) is 0 Å². The SMILES string of the molecule is Cc1n[nH]c(C)c1C(=O)N(C)Cc1cccc([N+](=O)[O-])c1. The van der Waals surface area contributed by atoms with Gasteiger partial charge in [-0.05, 0) is 19.4 Å². The molecule has 21 heavy (non-hydrogen) atoms. The van der Waals surface area contributed by atoms with Crippen LogP contribution in [0.5, 0.6) is 0 Å². The summed E-state index contributed by atoms with van der Waals surface area (Å²) in [6.45, 7) is 3.84. The highest BCUT2D eigenvalue weighted by Crippen LogP contribution is 2.17. The Morgan fingerprint density at radius 2 is 2.14 bits per heavy atom. The molecule has 0 radical (unpaired) electrons. The van der Waals surface area contributed by atoms with E-state index in [2.05, 4.69) is 10.2 Å². The summed E-state index contributed by atoms with van der Waals surface area (Å²) >= 11 is 0. The molecule has 110 valence electrons. The van der Waals surface area contributed by atoms with Gasteiger partial charge >= 0.3 is 0 Å². The Labute approximate surface area is 121 Å². The summed E-state index contributed by atoms with van der Waals surface area (Å²) in [7, 11) is 1.66. The summed E-state index contributed by atoms with van der Waals surface area (Å²) in [6.07, 6.45) is 0. The molecule has 0 aliphatic heterocycles. The summed E-state index contributed by atoms with van der Waals surface area (Å²) in [6, 6.07) is 6.26. The third kappa shape index (κ3) is 3.07. The van der Waals surface area contributed by atoms with Crippen LogP contribution in [0.25, 0.3) is 0 Å². The van der Waals surface area contributed by atoms with Crippen LogP contribution in [0.1, 0.15) is 27.3 Å². The summed E-state index contributed by atoms with van der Waals surface area (Å²) in [4.78, 5) is 24.2. The number of aromatic nitrogens is 2. The van der Waals surface area contributed by atoms with Crippen LogP contribution in [0.15, 0.2) is 24.3 Å². The Morgan fingerprint density at radius 3 is 2.71 bits per heavy atom. The number of nitrogens with one attached hydrogen (secondary N) is 1. The van der Waals surface area contributed by atoms with E-state index in [0.717, 1.165) is 0 Å². The monoisotopic (exact) mass is 288 g/mol. The van der Waals surface area contributed by atoms with E-state index >= 15 is 0 Å². The Morgan fingerprint density at radius 1 is 1.43 bits per heavy atom. The number of hydrogen-bond acceptors (Lipinski definition) is 4. The molecular weight excluding hydrogens is 272 g/mol. The minimum atomic E-state index is -0.449. The molecule has 0 aliphatic rings. The van der Waals surface area contributed by atoms with Gasteiger partial charge in [0.05, 0.1) is 16.2 Å². The van der Waals surface area contributed by atoms with Crippen LogP contribution in [0.2, 0.25) is 0 Å². The van der Waals surface area contributed by atoms with Crippen LogP contribution in [0.3, 0.4) is 0 Å². The molecule has 0 spiro atoms. The Bertz CT molecular complexity index is 674. The predicted molar refractivity (Wildman–Crippen MR) is 77.0 cm³/mol. The van der Waals surface area contributed by atoms with Gasteiger partial charge in [-0.1, -0.05) is 12.1 Å². The van der Waals surface area contributed by atoms with Gasteiger partial charge < -0.3 is 4.90 Å². The lowest BCUT2D eigenvalue weighted by Gasteiger charge is -2.17. The van der Waals surface area contributed by atoms with Crippen molar-refractivity contribution in [3.05, 3.63) is 56.9 Å². The van der Waals surface area contributed by atoms with Crippen molar-refractivity contribution in [1.82, 2.24) is 15.1 Å². The van der Waals surface area contributed by atoms with Crippen molar-refractivity contribution >= 4 is 11.6 Å². The molecule has 1 aromatic carbocycles. The van der Waals surface area contributed by atoms with E-state index in [9.17, 15) is 14.9 Å². The van der Waals surface area contributed by atoms with E-state index in [0.29, 0.717) is 29.1 Å². The number of carbonyl (C=O) groups is 1. The van der Waals surface area contributed by atoms with E-state index in [-0.39, 0.29) is 11.6 Å². The van der Waals surface area contributed by atoms with Crippen molar-refractivity contribution in [1.29, 1.82) is 0 Å². The fourth-order valence-electron chi connectivity index (χ4n) is 2.17. The van der Waals surface area contributed by atoms with Crippen molar-refractivity contribution in [2.24, 2.45) is 0 Å². The molecule has 0 bridgehead atoms. The number of amides is 1. The van der Waals surface area contributed by atoms with E-state index < -0.39 is 4.92 Å². The Hall–Kier alpha value is -2.70. The topological polar surface area (TPSA) is 92.1 Å². The van der Waals surface area contributed by atoms with Gasteiger partial charge in [0.15, 0.2) is 0 Å². The van der Waals surface area contributed by atoms with Gasteiger partial charge in [0.2, 0.25) is 0 Å². The number of nitro groups is 1. The first-order valence-corrected chi connectivity index (χ1v) is 6.40. The normalized spacial score (nSPS) is 10.4. The fraction of sp³-hybridized carbons (Fsp3) is 0.286. The summed E-state index contributed by atoms with van der Waals surface area (Å²) in [5, 5.41) is 17.5. The number of benzene rings is 1. The first kappa shape index (κ1) is 14.7. The minimum absolute atomic E-state index is 0.0176. The largest absolute Gasteiger partial charge is 0.337 e. The molecule has 7 heteroatoms. The fourth-order valence-corrected chi connectivity index (χ4v) is 2.17. The maximum absolute atomic E-state index is 12.4. The molecule has 2 aromatic rings. The van der Waals surface area contributed by atoms with Gasteiger partial charge in [-0.3, -0.25) is 20.0 Å². The highest BCUT2D eigenvalue weighted by molar-refractivity contribution is 5.96. The number of rotatable bonds is 4. The summed E-state index contributed by atoms with van der Waals surface area (Å²) < 4.78 is 0. The number of nitrogens with zero attached hydrogens (tertiary/aromatic N) is 3. The van der Waals surface area contributed by atoms with Crippen LogP contribution in [-0.2, 0) is 6.54 Å². The minimum Gasteiger partial charge on any atom is -0.337 e. The smallest absolute Gasteiger partial charge is 0.269 e. The molecule has 1 aromatic heterocycles. The highest BCUT2D eigenvalue weighted by atomic mass is 16.6. The van der Waals surface area contributed by atoms with Crippen LogP contribution in [0.4, 0.5) is 5.69 Å². The van der Waals surface area contributed by atoms with Crippen molar-refractivity contribution in [3.8, 4) is 0 Å².